The Hall–Kier alpha value is -3.33. The summed E-state index contributed by atoms with van der Waals surface area (Å²) in [7, 11) is 0. The Morgan fingerprint density at radius 2 is 1.92 bits per heavy atom. The largest absolute Gasteiger partial charge is 0.388 e. The molecule has 0 aromatic heterocycles. The third kappa shape index (κ3) is 4.82. The SMILES string of the molecule is O=C(CC(O)c1ccc(F)c([N+](=O)[O-])c1)ONC(=O)c1ccccc1. The van der Waals surface area contributed by atoms with Crippen molar-refractivity contribution in [2.75, 3.05) is 0 Å². The van der Waals surface area contributed by atoms with Crippen LogP contribution in [0.3, 0.4) is 0 Å². The van der Waals surface area contributed by atoms with Crippen molar-refractivity contribution < 1.29 is 28.8 Å². The number of amides is 1. The van der Waals surface area contributed by atoms with Crippen molar-refractivity contribution in [3.63, 3.8) is 0 Å². The number of aliphatic hydroxyl groups is 1. The topological polar surface area (TPSA) is 119 Å². The quantitative estimate of drug-likeness (QED) is 0.630. The normalized spacial score (nSPS) is 11.4. The number of halogens is 1. The lowest BCUT2D eigenvalue weighted by molar-refractivity contribution is -0.387. The number of hydrogen-bond donors (Lipinski definition) is 2. The van der Waals surface area contributed by atoms with E-state index in [9.17, 15) is 29.2 Å². The molecule has 25 heavy (non-hydrogen) atoms. The maximum Gasteiger partial charge on any atom is 0.335 e. The third-order valence-electron chi connectivity index (χ3n) is 3.21. The number of carbonyl (C=O) groups excluding carboxylic acids is 2. The second-order valence-corrected chi connectivity index (χ2v) is 4.96. The number of hydroxylamine groups is 1. The van der Waals surface area contributed by atoms with Crippen LogP contribution in [0.2, 0.25) is 0 Å². The maximum atomic E-state index is 13.3. The van der Waals surface area contributed by atoms with E-state index in [2.05, 4.69) is 4.84 Å². The van der Waals surface area contributed by atoms with Gasteiger partial charge in [0.15, 0.2) is 0 Å². The summed E-state index contributed by atoms with van der Waals surface area (Å²) in [6, 6.07) is 10.7. The first-order valence-electron chi connectivity index (χ1n) is 7.05. The van der Waals surface area contributed by atoms with Gasteiger partial charge in [0.2, 0.25) is 5.82 Å². The molecule has 0 bridgehead atoms. The van der Waals surface area contributed by atoms with Crippen molar-refractivity contribution >= 4 is 17.6 Å². The number of nitro groups is 1. The van der Waals surface area contributed by atoms with E-state index in [4.69, 9.17) is 0 Å². The number of rotatable bonds is 5. The zero-order chi connectivity index (χ0) is 18.4. The van der Waals surface area contributed by atoms with Gasteiger partial charge in [-0.3, -0.25) is 14.9 Å². The van der Waals surface area contributed by atoms with Crippen molar-refractivity contribution in [3.05, 3.63) is 75.6 Å². The lowest BCUT2D eigenvalue weighted by Crippen LogP contribution is -2.27. The van der Waals surface area contributed by atoms with Crippen molar-refractivity contribution in [2.24, 2.45) is 0 Å². The van der Waals surface area contributed by atoms with Crippen molar-refractivity contribution in [1.82, 2.24) is 5.48 Å². The van der Waals surface area contributed by atoms with Gasteiger partial charge in [0.25, 0.3) is 5.91 Å². The predicted octanol–water partition coefficient (Wildman–Crippen LogP) is 2.05. The van der Waals surface area contributed by atoms with E-state index in [0.717, 1.165) is 18.2 Å². The molecule has 9 heteroatoms. The fourth-order valence-corrected chi connectivity index (χ4v) is 1.95. The van der Waals surface area contributed by atoms with E-state index in [1.165, 1.54) is 12.1 Å². The van der Waals surface area contributed by atoms with Crippen molar-refractivity contribution in [3.8, 4) is 0 Å². The van der Waals surface area contributed by atoms with Gasteiger partial charge in [-0.15, -0.1) is 0 Å². The number of hydrogen-bond acceptors (Lipinski definition) is 6. The smallest absolute Gasteiger partial charge is 0.335 e. The summed E-state index contributed by atoms with van der Waals surface area (Å²) in [6.45, 7) is 0. The molecular weight excluding hydrogens is 335 g/mol. The Bertz CT molecular complexity index is 796. The molecule has 2 N–H and O–H groups in total. The third-order valence-corrected chi connectivity index (χ3v) is 3.21. The first kappa shape index (κ1) is 18.0. The number of benzene rings is 2. The van der Waals surface area contributed by atoms with Gasteiger partial charge in [-0.05, 0) is 23.8 Å². The van der Waals surface area contributed by atoms with Crippen LogP contribution >= 0.6 is 0 Å². The van der Waals surface area contributed by atoms with Gasteiger partial charge >= 0.3 is 11.7 Å². The second-order valence-electron chi connectivity index (χ2n) is 4.96. The summed E-state index contributed by atoms with van der Waals surface area (Å²) >= 11 is 0. The molecule has 1 atom stereocenters. The fourth-order valence-electron chi connectivity index (χ4n) is 1.95. The highest BCUT2D eigenvalue weighted by Gasteiger charge is 2.21. The van der Waals surface area contributed by atoms with Gasteiger partial charge in [-0.25, -0.2) is 4.79 Å². The molecule has 1 unspecified atom stereocenters. The van der Waals surface area contributed by atoms with Crippen LogP contribution in [-0.2, 0) is 9.63 Å². The maximum absolute atomic E-state index is 13.3. The van der Waals surface area contributed by atoms with Crippen LogP contribution in [0.15, 0.2) is 48.5 Å². The Labute approximate surface area is 141 Å². The van der Waals surface area contributed by atoms with E-state index >= 15 is 0 Å². The first-order valence-corrected chi connectivity index (χ1v) is 7.05. The number of nitrogens with one attached hydrogen (secondary N) is 1. The van der Waals surface area contributed by atoms with Crippen molar-refractivity contribution in [1.29, 1.82) is 0 Å². The second kappa shape index (κ2) is 7.97. The average molecular weight is 348 g/mol. The molecule has 1 amide bonds. The van der Waals surface area contributed by atoms with Gasteiger partial charge in [0.1, 0.15) is 0 Å². The van der Waals surface area contributed by atoms with Crippen LogP contribution in [0.5, 0.6) is 0 Å². The Morgan fingerprint density at radius 1 is 1.24 bits per heavy atom. The summed E-state index contributed by atoms with van der Waals surface area (Å²) in [5, 5.41) is 20.6. The van der Waals surface area contributed by atoms with E-state index in [-0.39, 0.29) is 11.1 Å². The molecule has 0 aliphatic carbocycles. The molecule has 2 aromatic carbocycles. The van der Waals surface area contributed by atoms with E-state index in [1.807, 2.05) is 5.48 Å². The molecular formula is C16H13FN2O6. The van der Waals surface area contributed by atoms with Crippen LogP contribution in [0.1, 0.15) is 28.4 Å². The first-order chi connectivity index (χ1) is 11.9. The van der Waals surface area contributed by atoms with Gasteiger partial charge in [-0.2, -0.15) is 9.87 Å². The van der Waals surface area contributed by atoms with Crippen LogP contribution in [0, 0.1) is 15.9 Å². The summed E-state index contributed by atoms with van der Waals surface area (Å²) in [4.78, 5) is 37.6. The molecule has 8 nitrogen and oxygen atoms in total. The molecule has 0 spiro atoms. The molecule has 0 aliphatic rings. The molecule has 130 valence electrons. The van der Waals surface area contributed by atoms with Crippen LogP contribution < -0.4 is 5.48 Å². The monoisotopic (exact) mass is 348 g/mol. The predicted molar refractivity (Wildman–Crippen MR) is 82.6 cm³/mol. The summed E-state index contributed by atoms with van der Waals surface area (Å²) in [5.41, 5.74) is 1.35. The van der Waals surface area contributed by atoms with Gasteiger partial charge in [0, 0.05) is 11.6 Å². The average Bonchev–Trinajstić information content (AvgIpc) is 2.60. The standard InChI is InChI=1S/C16H13FN2O6/c17-12-7-6-11(8-13(12)19(23)24)14(20)9-15(21)25-18-16(22)10-4-2-1-3-5-10/h1-8,14,20H,9H2,(H,18,22). The molecule has 0 saturated heterocycles. The number of nitro benzene ring substituents is 1. The lowest BCUT2D eigenvalue weighted by Gasteiger charge is -2.11. The summed E-state index contributed by atoms with van der Waals surface area (Å²) in [6.07, 6.45) is -2.04. The highest BCUT2D eigenvalue weighted by Crippen LogP contribution is 2.24. The molecule has 2 rings (SSSR count). The summed E-state index contributed by atoms with van der Waals surface area (Å²) < 4.78 is 13.3. The molecule has 2 aromatic rings. The zero-order valence-corrected chi connectivity index (χ0v) is 12.7. The minimum atomic E-state index is -1.46. The number of aliphatic hydroxyl groups excluding tert-OH is 1. The number of nitrogens with zero attached hydrogens (tertiary/aromatic N) is 1. The zero-order valence-electron chi connectivity index (χ0n) is 12.7. The Morgan fingerprint density at radius 3 is 2.56 bits per heavy atom. The highest BCUT2D eigenvalue weighted by atomic mass is 19.1. The van der Waals surface area contributed by atoms with Crippen LogP contribution in [0.25, 0.3) is 0 Å². The molecule has 0 fully saturated rings. The van der Waals surface area contributed by atoms with Gasteiger partial charge < -0.3 is 9.94 Å². The van der Waals surface area contributed by atoms with Crippen LogP contribution in [-0.4, -0.2) is 21.9 Å². The fraction of sp³-hybridized carbons (Fsp3) is 0.125. The molecule has 0 saturated carbocycles. The van der Waals surface area contributed by atoms with Crippen LogP contribution in [0.4, 0.5) is 10.1 Å². The molecule has 0 radical (unpaired) electrons. The molecule has 0 aliphatic heterocycles. The minimum Gasteiger partial charge on any atom is -0.388 e. The van der Waals surface area contributed by atoms with E-state index in [1.54, 1.807) is 18.2 Å². The summed E-state index contributed by atoms with van der Waals surface area (Å²) in [5.74, 6) is -2.68. The highest BCUT2D eigenvalue weighted by molar-refractivity contribution is 5.94. The minimum absolute atomic E-state index is 0.0283. The van der Waals surface area contributed by atoms with Gasteiger partial charge in [0.05, 0.1) is 17.4 Å². The van der Waals surface area contributed by atoms with E-state index < -0.39 is 40.8 Å². The Kier molecular flexibility index (Phi) is 5.75. The number of carbonyl (C=O) groups is 2. The lowest BCUT2D eigenvalue weighted by atomic mass is 10.1. The van der Waals surface area contributed by atoms with Gasteiger partial charge in [-0.1, -0.05) is 24.3 Å². The molecule has 0 heterocycles. The Balaban J connectivity index is 1.93. The van der Waals surface area contributed by atoms with Crippen molar-refractivity contribution in [2.45, 2.75) is 12.5 Å². The van der Waals surface area contributed by atoms with E-state index in [0.29, 0.717) is 0 Å².